The van der Waals surface area contributed by atoms with Crippen LogP contribution in [0.2, 0.25) is 0 Å². The minimum atomic E-state index is -0.246. The Morgan fingerprint density at radius 1 is 1.14 bits per heavy atom. The van der Waals surface area contributed by atoms with Gasteiger partial charge in [-0.25, -0.2) is 9.97 Å². The fourth-order valence-corrected chi connectivity index (χ4v) is 3.28. The van der Waals surface area contributed by atoms with Gasteiger partial charge in [-0.1, -0.05) is 5.92 Å². The first kappa shape index (κ1) is 18.0. The maximum absolute atomic E-state index is 13.1. The molecule has 0 saturated carbocycles. The third-order valence-electron chi connectivity index (χ3n) is 4.70. The number of hydrogen-bond donors (Lipinski definition) is 0. The fourth-order valence-electron chi connectivity index (χ4n) is 3.28. The first-order chi connectivity index (χ1) is 13.7. The average Bonchev–Trinajstić information content (AvgIpc) is 3.10. The molecule has 28 heavy (non-hydrogen) atoms. The van der Waals surface area contributed by atoms with Crippen LogP contribution in [0.5, 0.6) is 12.0 Å². The highest BCUT2D eigenvalue weighted by molar-refractivity contribution is 5.74. The maximum atomic E-state index is 13.1. The van der Waals surface area contributed by atoms with E-state index in [-0.39, 0.29) is 17.6 Å². The molecule has 1 fully saturated rings. The zero-order chi connectivity index (χ0) is 19.5. The van der Waals surface area contributed by atoms with E-state index in [4.69, 9.17) is 4.74 Å². The maximum Gasteiger partial charge on any atom is 0.324 e. The van der Waals surface area contributed by atoms with Crippen LogP contribution in [0, 0.1) is 11.8 Å². The zero-order valence-corrected chi connectivity index (χ0v) is 15.9. The third-order valence-corrected chi connectivity index (χ3v) is 4.70. The number of rotatable bonds is 4. The molecular formula is C19H21N7O2. The van der Waals surface area contributed by atoms with Gasteiger partial charge in [0, 0.05) is 32.5 Å². The van der Waals surface area contributed by atoms with Gasteiger partial charge in [0.2, 0.25) is 5.95 Å². The molecule has 3 aromatic heterocycles. The standard InChI is InChI=1S/C19H21N7O2/c1-3-4-13-26-14-15(22-18(26)25-11-6-5-7-12-25)23-19(24(2)16(14)27)28-17-20-9-8-10-21-17/h8-10H,5-7,11-13H2,1-2H3. The minimum absolute atomic E-state index is 0.0973. The number of ether oxygens (including phenoxy) is 1. The Kier molecular flexibility index (Phi) is 4.93. The van der Waals surface area contributed by atoms with Gasteiger partial charge in [0.1, 0.15) is 0 Å². The van der Waals surface area contributed by atoms with E-state index >= 15 is 0 Å². The summed E-state index contributed by atoms with van der Waals surface area (Å²) >= 11 is 0. The Labute approximate surface area is 162 Å². The summed E-state index contributed by atoms with van der Waals surface area (Å²) in [5, 5.41) is 0. The van der Waals surface area contributed by atoms with E-state index < -0.39 is 0 Å². The lowest BCUT2D eigenvalue weighted by Crippen LogP contribution is -2.32. The quantitative estimate of drug-likeness (QED) is 0.638. The van der Waals surface area contributed by atoms with Gasteiger partial charge < -0.3 is 9.64 Å². The van der Waals surface area contributed by atoms with Crippen LogP contribution >= 0.6 is 0 Å². The third kappa shape index (κ3) is 3.29. The van der Waals surface area contributed by atoms with E-state index in [9.17, 15) is 4.79 Å². The van der Waals surface area contributed by atoms with E-state index in [1.807, 2.05) is 4.57 Å². The molecule has 4 rings (SSSR count). The zero-order valence-electron chi connectivity index (χ0n) is 15.9. The van der Waals surface area contributed by atoms with Crippen molar-refractivity contribution in [2.45, 2.75) is 32.7 Å². The number of aromatic nitrogens is 6. The molecule has 0 unspecified atom stereocenters. The smallest absolute Gasteiger partial charge is 0.324 e. The summed E-state index contributed by atoms with van der Waals surface area (Å²) in [7, 11) is 1.61. The van der Waals surface area contributed by atoms with Gasteiger partial charge in [-0.15, -0.1) is 5.92 Å². The van der Waals surface area contributed by atoms with Crippen molar-refractivity contribution in [1.29, 1.82) is 0 Å². The second kappa shape index (κ2) is 7.68. The molecule has 0 aromatic carbocycles. The Bertz CT molecular complexity index is 1100. The Morgan fingerprint density at radius 2 is 1.89 bits per heavy atom. The van der Waals surface area contributed by atoms with Gasteiger partial charge in [-0.2, -0.15) is 9.97 Å². The summed E-state index contributed by atoms with van der Waals surface area (Å²) in [5.41, 5.74) is 0.518. The van der Waals surface area contributed by atoms with Gasteiger partial charge in [0.25, 0.3) is 5.56 Å². The number of imidazole rings is 1. The van der Waals surface area contributed by atoms with Crippen molar-refractivity contribution >= 4 is 17.1 Å². The van der Waals surface area contributed by atoms with Crippen LogP contribution < -0.4 is 15.2 Å². The molecule has 0 amide bonds. The van der Waals surface area contributed by atoms with Crippen molar-refractivity contribution in [3.05, 3.63) is 28.8 Å². The highest BCUT2D eigenvalue weighted by Crippen LogP contribution is 2.24. The van der Waals surface area contributed by atoms with Crippen LogP contribution in [0.3, 0.4) is 0 Å². The van der Waals surface area contributed by atoms with Crippen LogP contribution in [0.15, 0.2) is 23.3 Å². The topological polar surface area (TPSA) is 91.0 Å². The molecule has 0 spiro atoms. The first-order valence-corrected chi connectivity index (χ1v) is 9.25. The largest absolute Gasteiger partial charge is 0.390 e. The van der Waals surface area contributed by atoms with E-state index in [1.54, 1.807) is 32.4 Å². The average molecular weight is 379 g/mol. The molecule has 0 N–H and O–H groups in total. The molecule has 0 aliphatic carbocycles. The Morgan fingerprint density at radius 3 is 2.61 bits per heavy atom. The molecule has 144 valence electrons. The molecule has 9 heteroatoms. The normalized spacial score (nSPS) is 14.0. The SMILES string of the molecule is CC#CCn1c(N2CCCCC2)nc2nc(Oc3ncccn3)n(C)c(=O)c21. The molecule has 9 nitrogen and oxygen atoms in total. The molecule has 1 aliphatic rings. The lowest BCUT2D eigenvalue weighted by atomic mass is 10.1. The van der Waals surface area contributed by atoms with Gasteiger partial charge in [0.15, 0.2) is 11.2 Å². The summed E-state index contributed by atoms with van der Waals surface area (Å²) in [6, 6.07) is 1.90. The van der Waals surface area contributed by atoms with Crippen molar-refractivity contribution in [3.63, 3.8) is 0 Å². The predicted molar refractivity (Wildman–Crippen MR) is 104 cm³/mol. The highest BCUT2D eigenvalue weighted by atomic mass is 16.5. The number of anilines is 1. The van der Waals surface area contributed by atoms with Crippen LogP contribution in [0.4, 0.5) is 5.95 Å². The Balaban J connectivity index is 1.85. The highest BCUT2D eigenvalue weighted by Gasteiger charge is 2.23. The Hall–Kier alpha value is -3.41. The van der Waals surface area contributed by atoms with Crippen LogP contribution in [0.1, 0.15) is 26.2 Å². The number of fused-ring (bicyclic) bond motifs is 1. The van der Waals surface area contributed by atoms with E-state index in [2.05, 4.69) is 36.7 Å². The van der Waals surface area contributed by atoms with Crippen LogP contribution in [-0.4, -0.2) is 42.2 Å². The number of hydrogen-bond acceptors (Lipinski definition) is 7. The molecule has 0 atom stereocenters. The van der Waals surface area contributed by atoms with Crippen molar-refractivity contribution in [2.75, 3.05) is 18.0 Å². The second-order valence-electron chi connectivity index (χ2n) is 6.54. The number of piperidine rings is 1. The van der Waals surface area contributed by atoms with Crippen molar-refractivity contribution in [1.82, 2.24) is 29.1 Å². The van der Waals surface area contributed by atoms with Crippen molar-refractivity contribution < 1.29 is 4.74 Å². The van der Waals surface area contributed by atoms with E-state index in [0.29, 0.717) is 17.7 Å². The number of nitrogens with zero attached hydrogens (tertiary/aromatic N) is 7. The molecule has 4 heterocycles. The molecule has 0 radical (unpaired) electrons. The minimum Gasteiger partial charge on any atom is -0.390 e. The first-order valence-electron chi connectivity index (χ1n) is 9.25. The van der Waals surface area contributed by atoms with Gasteiger partial charge in [-0.05, 0) is 32.3 Å². The lowest BCUT2D eigenvalue weighted by Gasteiger charge is -2.27. The van der Waals surface area contributed by atoms with Crippen molar-refractivity contribution in [3.8, 4) is 23.9 Å². The van der Waals surface area contributed by atoms with Crippen LogP contribution in [-0.2, 0) is 13.6 Å². The lowest BCUT2D eigenvalue weighted by molar-refractivity contribution is 0.385. The van der Waals surface area contributed by atoms with Gasteiger partial charge in [-0.3, -0.25) is 13.9 Å². The summed E-state index contributed by atoms with van der Waals surface area (Å²) in [6.45, 7) is 3.98. The van der Waals surface area contributed by atoms with Crippen molar-refractivity contribution in [2.24, 2.45) is 7.05 Å². The van der Waals surface area contributed by atoms with E-state index in [1.165, 1.54) is 11.0 Å². The predicted octanol–water partition coefficient (Wildman–Crippen LogP) is 1.73. The fraction of sp³-hybridized carbons (Fsp3) is 0.421. The molecule has 1 aliphatic heterocycles. The summed E-state index contributed by atoms with van der Waals surface area (Å²) in [4.78, 5) is 32.5. The molecule has 3 aromatic rings. The van der Waals surface area contributed by atoms with Crippen LogP contribution in [0.25, 0.3) is 11.2 Å². The van der Waals surface area contributed by atoms with Gasteiger partial charge >= 0.3 is 12.0 Å². The molecule has 0 bridgehead atoms. The van der Waals surface area contributed by atoms with Gasteiger partial charge in [0.05, 0.1) is 6.54 Å². The monoisotopic (exact) mass is 379 g/mol. The summed E-state index contributed by atoms with van der Waals surface area (Å²) < 4.78 is 8.81. The summed E-state index contributed by atoms with van der Waals surface area (Å²) in [5.74, 6) is 6.67. The molecular weight excluding hydrogens is 358 g/mol. The molecule has 1 saturated heterocycles. The summed E-state index contributed by atoms with van der Waals surface area (Å²) in [6.07, 6.45) is 6.54. The van der Waals surface area contributed by atoms with E-state index in [0.717, 1.165) is 31.9 Å². The second-order valence-corrected chi connectivity index (χ2v) is 6.54.